The van der Waals surface area contributed by atoms with E-state index in [-0.39, 0.29) is 28.6 Å². The Bertz CT molecular complexity index is 1010. The van der Waals surface area contributed by atoms with Crippen molar-refractivity contribution in [3.05, 3.63) is 62.6 Å². The summed E-state index contributed by atoms with van der Waals surface area (Å²) in [7, 11) is 0. The number of Topliss-reactive ketones (excluding diaryl/α,β-unsaturated/α-hetero) is 1. The highest BCUT2D eigenvalue weighted by Crippen LogP contribution is 2.30. The van der Waals surface area contributed by atoms with Crippen LogP contribution >= 0.6 is 27.3 Å². The summed E-state index contributed by atoms with van der Waals surface area (Å²) in [6, 6.07) is 5.94. The average Bonchev–Trinajstić information content (AvgIpc) is 3.15. The van der Waals surface area contributed by atoms with Crippen LogP contribution in [0.1, 0.15) is 21.5 Å². The highest BCUT2D eigenvalue weighted by Gasteiger charge is 2.22. The highest BCUT2D eigenvalue weighted by atomic mass is 79.9. The maximum atomic E-state index is 15.1. The number of hydrogen-bond acceptors (Lipinski definition) is 6. The fourth-order valence-electron chi connectivity index (χ4n) is 2.71. The van der Waals surface area contributed by atoms with Crippen LogP contribution < -0.4 is 0 Å². The normalized spacial score (nSPS) is 11.5. The summed E-state index contributed by atoms with van der Waals surface area (Å²) in [5.41, 5.74) is 1.91. The fraction of sp³-hybridized carbons (Fsp3) is 0.263. The number of hydrogen-bond donors (Lipinski definition) is 2. The van der Waals surface area contributed by atoms with Gasteiger partial charge in [0.25, 0.3) is 0 Å². The number of ether oxygens (including phenoxy) is 1. The number of halogens is 3. The van der Waals surface area contributed by atoms with Gasteiger partial charge >= 0.3 is 0 Å². The van der Waals surface area contributed by atoms with E-state index < -0.39 is 43.3 Å². The van der Waals surface area contributed by atoms with Crippen LogP contribution in [0, 0.1) is 11.6 Å². The molecule has 0 spiro atoms. The molecular formula is C19H16BrF2NO4S. The number of thiazole rings is 1. The van der Waals surface area contributed by atoms with Crippen LogP contribution in [0.25, 0.3) is 10.2 Å². The van der Waals surface area contributed by atoms with Crippen molar-refractivity contribution in [1.29, 1.82) is 0 Å². The molecule has 5 nitrogen and oxygen atoms in total. The fourth-order valence-corrected chi connectivity index (χ4v) is 3.76. The Kier molecular flexibility index (Phi) is 6.84. The molecule has 0 fully saturated rings. The van der Waals surface area contributed by atoms with Crippen molar-refractivity contribution in [1.82, 2.24) is 4.98 Å². The predicted octanol–water partition coefficient (Wildman–Crippen LogP) is 3.48. The third kappa shape index (κ3) is 4.44. The SMILES string of the molecule is O=C(COC(CO)CO)c1cc2scnc2c(F)c1Cc1ccc(Br)cc1F. The summed E-state index contributed by atoms with van der Waals surface area (Å²) in [5, 5.41) is 18.1. The number of aliphatic hydroxyl groups is 2. The molecule has 1 aromatic heterocycles. The number of ketones is 1. The lowest BCUT2D eigenvalue weighted by atomic mass is 9.96. The van der Waals surface area contributed by atoms with Crippen molar-refractivity contribution >= 4 is 43.3 Å². The Hall–Kier alpha value is -1.78. The molecule has 3 rings (SSSR count). The molecule has 0 radical (unpaired) electrons. The van der Waals surface area contributed by atoms with Crippen molar-refractivity contribution in [2.75, 3.05) is 19.8 Å². The molecule has 0 bridgehead atoms. The summed E-state index contributed by atoms with van der Waals surface area (Å²) in [6.07, 6.45) is -1.04. The summed E-state index contributed by atoms with van der Waals surface area (Å²) in [4.78, 5) is 16.7. The molecule has 2 aromatic carbocycles. The number of rotatable bonds is 8. The minimum absolute atomic E-state index is 0.0257. The van der Waals surface area contributed by atoms with Crippen LogP contribution in [0.2, 0.25) is 0 Å². The first-order chi connectivity index (χ1) is 13.4. The summed E-state index contributed by atoms with van der Waals surface area (Å²) in [5.74, 6) is -1.73. The molecule has 0 amide bonds. The lowest BCUT2D eigenvalue weighted by molar-refractivity contribution is -0.0132. The Morgan fingerprint density at radius 1 is 1.25 bits per heavy atom. The third-order valence-electron chi connectivity index (χ3n) is 4.21. The van der Waals surface area contributed by atoms with E-state index in [0.29, 0.717) is 9.17 Å². The molecule has 1 heterocycles. The van der Waals surface area contributed by atoms with Crippen LogP contribution in [0.15, 0.2) is 34.2 Å². The van der Waals surface area contributed by atoms with Crippen molar-refractivity contribution in [3.8, 4) is 0 Å². The molecule has 148 valence electrons. The molecule has 0 aliphatic carbocycles. The summed E-state index contributed by atoms with van der Waals surface area (Å²) in [6.45, 7) is -1.36. The summed E-state index contributed by atoms with van der Waals surface area (Å²) < 4.78 is 35.6. The van der Waals surface area contributed by atoms with Crippen molar-refractivity contribution in [2.24, 2.45) is 0 Å². The van der Waals surface area contributed by atoms with E-state index in [9.17, 15) is 9.18 Å². The summed E-state index contributed by atoms with van der Waals surface area (Å²) >= 11 is 4.36. The maximum Gasteiger partial charge on any atom is 0.188 e. The Balaban J connectivity index is 2.00. The molecule has 0 saturated heterocycles. The molecule has 9 heteroatoms. The standard InChI is InChI=1S/C19H16BrF2NO4S/c20-11-2-1-10(15(21)4-11)3-14-13(16(26)8-27-12(6-24)7-25)5-17-19(18(14)22)23-9-28-17/h1-2,4-5,9,12,24-25H,3,6-8H2. The van der Waals surface area contributed by atoms with Crippen LogP contribution in [0.3, 0.4) is 0 Å². The quantitative estimate of drug-likeness (QED) is 0.491. The van der Waals surface area contributed by atoms with Gasteiger partial charge in [-0.2, -0.15) is 0 Å². The molecule has 28 heavy (non-hydrogen) atoms. The van der Waals surface area contributed by atoms with E-state index in [1.54, 1.807) is 6.07 Å². The van der Waals surface area contributed by atoms with Gasteiger partial charge in [-0.1, -0.05) is 22.0 Å². The van der Waals surface area contributed by atoms with Crippen molar-refractivity contribution in [3.63, 3.8) is 0 Å². The van der Waals surface area contributed by atoms with E-state index in [4.69, 9.17) is 14.9 Å². The van der Waals surface area contributed by atoms with E-state index in [0.717, 1.165) is 0 Å². The lowest BCUT2D eigenvalue weighted by Crippen LogP contribution is -2.26. The minimum atomic E-state index is -0.909. The Labute approximate surface area is 171 Å². The second kappa shape index (κ2) is 9.15. The van der Waals surface area contributed by atoms with Gasteiger partial charge in [-0.25, -0.2) is 13.8 Å². The van der Waals surface area contributed by atoms with E-state index in [1.807, 2.05) is 0 Å². The van der Waals surface area contributed by atoms with Crippen molar-refractivity contribution in [2.45, 2.75) is 12.5 Å². The highest BCUT2D eigenvalue weighted by molar-refractivity contribution is 9.10. The average molecular weight is 472 g/mol. The van der Waals surface area contributed by atoms with Gasteiger partial charge in [0.1, 0.15) is 24.0 Å². The number of aliphatic hydroxyl groups excluding tert-OH is 2. The van der Waals surface area contributed by atoms with Crippen LogP contribution in [0.4, 0.5) is 8.78 Å². The number of nitrogens with zero attached hydrogens (tertiary/aromatic N) is 1. The van der Waals surface area contributed by atoms with Gasteiger partial charge < -0.3 is 14.9 Å². The lowest BCUT2D eigenvalue weighted by Gasteiger charge is -2.14. The van der Waals surface area contributed by atoms with E-state index in [2.05, 4.69) is 20.9 Å². The molecule has 0 unspecified atom stereocenters. The van der Waals surface area contributed by atoms with Crippen LogP contribution in [-0.2, 0) is 11.2 Å². The van der Waals surface area contributed by atoms with Gasteiger partial charge in [0, 0.05) is 22.0 Å². The molecule has 0 atom stereocenters. The predicted molar refractivity (Wildman–Crippen MR) is 105 cm³/mol. The monoisotopic (exact) mass is 471 g/mol. The molecular weight excluding hydrogens is 456 g/mol. The zero-order chi connectivity index (χ0) is 20.3. The smallest absolute Gasteiger partial charge is 0.188 e. The topological polar surface area (TPSA) is 79.7 Å². The first kappa shape index (κ1) is 20.9. The molecule has 3 aromatic rings. The second-order valence-electron chi connectivity index (χ2n) is 6.05. The van der Waals surface area contributed by atoms with Crippen LogP contribution in [0.5, 0.6) is 0 Å². The van der Waals surface area contributed by atoms with Gasteiger partial charge in [0.15, 0.2) is 11.6 Å². The molecule has 0 saturated carbocycles. The zero-order valence-corrected chi connectivity index (χ0v) is 16.9. The van der Waals surface area contributed by atoms with Gasteiger partial charge in [0.2, 0.25) is 0 Å². The first-order valence-electron chi connectivity index (χ1n) is 8.29. The Morgan fingerprint density at radius 3 is 2.68 bits per heavy atom. The molecule has 0 aliphatic rings. The number of carbonyl (C=O) groups is 1. The minimum Gasteiger partial charge on any atom is -0.394 e. The van der Waals surface area contributed by atoms with E-state index in [1.165, 1.54) is 35.0 Å². The van der Waals surface area contributed by atoms with Gasteiger partial charge in [-0.05, 0) is 23.8 Å². The maximum absolute atomic E-state index is 15.1. The number of carbonyl (C=O) groups excluding carboxylic acids is 1. The van der Waals surface area contributed by atoms with Gasteiger partial charge in [0.05, 0.1) is 23.4 Å². The van der Waals surface area contributed by atoms with Gasteiger partial charge in [-0.15, -0.1) is 11.3 Å². The molecule has 2 N–H and O–H groups in total. The molecule has 0 aliphatic heterocycles. The largest absolute Gasteiger partial charge is 0.394 e. The second-order valence-corrected chi connectivity index (χ2v) is 7.85. The van der Waals surface area contributed by atoms with E-state index >= 15 is 4.39 Å². The first-order valence-corrected chi connectivity index (χ1v) is 9.96. The third-order valence-corrected chi connectivity index (χ3v) is 5.48. The van der Waals surface area contributed by atoms with Crippen LogP contribution in [-0.4, -0.2) is 46.9 Å². The number of aromatic nitrogens is 1. The van der Waals surface area contributed by atoms with Crippen molar-refractivity contribution < 1.29 is 28.5 Å². The zero-order valence-electron chi connectivity index (χ0n) is 14.5. The van der Waals surface area contributed by atoms with Gasteiger partial charge in [-0.3, -0.25) is 4.79 Å². The number of fused-ring (bicyclic) bond motifs is 1. The number of benzene rings is 2. The Morgan fingerprint density at radius 2 is 2.00 bits per heavy atom.